The highest BCUT2D eigenvalue weighted by Gasteiger charge is 2.39. The number of hydrogen-bond acceptors (Lipinski definition) is 5. The maximum atomic E-state index is 12.7. The van der Waals surface area contributed by atoms with Crippen LogP contribution in [0, 0.1) is 13.8 Å². The zero-order valence-electron chi connectivity index (χ0n) is 10.8. The van der Waals surface area contributed by atoms with Gasteiger partial charge in [0.15, 0.2) is 0 Å². The lowest BCUT2D eigenvalue weighted by atomic mass is 10.2. The fourth-order valence-electron chi connectivity index (χ4n) is 1.99. The first kappa shape index (κ1) is 13.9. The van der Waals surface area contributed by atoms with E-state index in [1.54, 1.807) is 13.8 Å². The van der Waals surface area contributed by atoms with Crippen molar-refractivity contribution in [1.29, 1.82) is 0 Å². The van der Waals surface area contributed by atoms with E-state index >= 15 is 0 Å². The van der Waals surface area contributed by atoms with Crippen molar-refractivity contribution >= 4 is 11.6 Å². The highest BCUT2D eigenvalue weighted by Crippen LogP contribution is 2.36. The topological polar surface area (TPSA) is 67.1 Å². The van der Waals surface area contributed by atoms with E-state index in [0.717, 1.165) is 12.8 Å². The van der Waals surface area contributed by atoms with Crippen LogP contribution < -0.4 is 16.2 Å². The summed E-state index contributed by atoms with van der Waals surface area (Å²) in [6, 6.07) is -0.0970. The molecule has 1 saturated carbocycles. The number of aryl methyl sites for hydroxylation is 1. The third-order valence-electron chi connectivity index (χ3n) is 2.98. The molecule has 1 aliphatic carbocycles. The number of rotatable bonds is 4. The van der Waals surface area contributed by atoms with Gasteiger partial charge >= 0.3 is 6.18 Å². The molecule has 0 spiro atoms. The fraction of sp³-hybridized carbons (Fsp3) is 0.636. The summed E-state index contributed by atoms with van der Waals surface area (Å²) in [4.78, 5) is 9.50. The van der Waals surface area contributed by atoms with E-state index in [1.165, 1.54) is 4.90 Å². The monoisotopic (exact) mass is 275 g/mol. The summed E-state index contributed by atoms with van der Waals surface area (Å²) in [6.45, 7) is 2.29. The molecule has 0 aliphatic heterocycles. The number of nitrogens with one attached hydrogen (secondary N) is 1. The predicted octanol–water partition coefficient (Wildman–Crippen LogP) is 1.91. The highest BCUT2D eigenvalue weighted by molar-refractivity contribution is 5.59. The lowest BCUT2D eigenvalue weighted by Gasteiger charge is -2.27. The van der Waals surface area contributed by atoms with E-state index in [9.17, 15) is 13.2 Å². The molecule has 5 nitrogen and oxygen atoms in total. The summed E-state index contributed by atoms with van der Waals surface area (Å²) >= 11 is 0. The molecular weight excluding hydrogens is 259 g/mol. The number of anilines is 2. The standard InChI is InChI=1S/C11H16F3N5/c1-6-9(18-15)16-7(2)17-10(6)19(8-3-4-8)5-11(12,13)14/h8H,3-5,15H2,1-2H3,(H,16,17,18). The summed E-state index contributed by atoms with van der Waals surface area (Å²) in [5.41, 5.74) is 2.93. The van der Waals surface area contributed by atoms with Crippen LogP contribution in [0.25, 0.3) is 0 Å². The largest absolute Gasteiger partial charge is 0.405 e. The molecule has 0 amide bonds. The third kappa shape index (κ3) is 3.25. The van der Waals surface area contributed by atoms with Crippen LogP contribution in [0.15, 0.2) is 0 Å². The van der Waals surface area contributed by atoms with Crippen molar-refractivity contribution < 1.29 is 13.2 Å². The van der Waals surface area contributed by atoms with Gasteiger partial charge in [0.05, 0.1) is 0 Å². The van der Waals surface area contributed by atoms with Crippen molar-refractivity contribution in [3.05, 3.63) is 11.4 Å². The molecule has 1 heterocycles. The Hall–Kier alpha value is -1.57. The van der Waals surface area contributed by atoms with Gasteiger partial charge in [0.1, 0.15) is 24.0 Å². The van der Waals surface area contributed by atoms with E-state index < -0.39 is 12.7 Å². The molecule has 0 atom stereocenters. The van der Waals surface area contributed by atoms with Gasteiger partial charge in [-0.25, -0.2) is 15.8 Å². The fourth-order valence-corrected chi connectivity index (χ4v) is 1.99. The Bertz CT molecular complexity index is 470. The Morgan fingerprint density at radius 1 is 1.32 bits per heavy atom. The van der Waals surface area contributed by atoms with Gasteiger partial charge in [-0.1, -0.05) is 0 Å². The number of nitrogens with two attached hydrogens (primary N) is 1. The number of halogens is 3. The van der Waals surface area contributed by atoms with Gasteiger partial charge in [-0.2, -0.15) is 13.2 Å². The second-order valence-electron chi connectivity index (χ2n) is 4.69. The molecular formula is C11H16F3N5. The minimum atomic E-state index is -4.26. The van der Waals surface area contributed by atoms with E-state index in [0.29, 0.717) is 23.0 Å². The first-order valence-electron chi connectivity index (χ1n) is 5.97. The van der Waals surface area contributed by atoms with Crippen LogP contribution in [-0.4, -0.2) is 28.7 Å². The molecule has 0 aromatic carbocycles. The second-order valence-corrected chi connectivity index (χ2v) is 4.69. The Kier molecular flexibility index (Phi) is 3.53. The molecule has 0 radical (unpaired) electrons. The molecule has 1 aromatic heterocycles. The van der Waals surface area contributed by atoms with E-state index in [4.69, 9.17) is 5.84 Å². The van der Waals surface area contributed by atoms with E-state index in [-0.39, 0.29) is 6.04 Å². The molecule has 106 valence electrons. The molecule has 19 heavy (non-hydrogen) atoms. The van der Waals surface area contributed by atoms with Crippen LogP contribution in [0.2, 0.25) is 0 Å². The minimum absolute atomic E-state index is 0.0970. The zero-order chi connectivity index (χ0) is 14.2. The van der Waals surface area contributed by atoms with Gasteiger partial charge in [0, 0.05) is 11.6 Å². The third-order valence-corrected chi connectivity index (χ3v) is 2.98. The quantitative estimate of drug-likeness (QED) is 0.649. The van der Waals surface area contributed by atoms with Crippen LogP contribution in [0.4, 0.5) is 24.8 Å². The lowest BCUT2D eigenvalue weighted by Crippen LogP contribution is -2.37. The van der Waals surface area contributed by atoms with Crippen molar-refractivity contribution in [3.63, 3.8) is 0 Å². The van der Waals surface area contributed by atoms with Gasteiger partial charge < -0.3 is 10.3 Å². The van der Waals surface area contributed by atoms with Gasteiger partial charge in [0.2, 0.25) is 0 Å². The molecule has 1 aliphatic rings. The van der Waals surface area contributed by atoms with Crippen molar-refractivity contribution in [1.82, 2.24) is 9.97 Å². The van der Waals surface area contributed by atoms with Crippen LogP contribution in [0.5, 0.6) is 0 Å². The van der Waals surface area contributed by atoms with E-state index in [2.05, 4.69) is 15.4 Å². The number of hydrogen-bond donors (Lipinski definition) is 2. The van der Waals surface area contributed by atoms with E-state index in [1.807, 2.05) is 0 Å². The summed E-state index contributed by atoms with van der Waals surface area (Å²) < 4.78 is 38.0. The predicted molar refractivity (Wildman–Crippen MR) is 65.7 cm³/mol. The van der Waals surface area contributed by atoms with Crippen LogP contribution in [0.3, 0.4) is 0 Å². The van der Waals surface area contributed by atoms with Crippen LogP contribution in [-0.2, 0) is 0 Å². The second kappa shape index (κ2) is 4.84. The Labute approximate surface area is 109 Å². The molecule has 0 bridgehead atoms. The van der Waals surface area contributed by atoms with Gasteiger partial charge in [-0.3, -0.25) is 0 Å². The van der Waals surface area contributed by atoms with Crippen molar-refractivity contribution in [2.45, 2.75) is 38.9 Å². The number of nitrogen functional groups attached to an aromatic ring is 1. The molecule has 8 heteroatoms. The smallest absolute Gasteiger partial charge is 0.344 e. The summed E-state index contributed by atoms with van der Waals surface area (Å²) in [5, 5.41) is 0. The maximum Gasteiger partial charge on any atom is 0.405 e. The number of alkyl halides is 3. The molecule has 0 unspecified atom stereocenters. The Morgan fingerprint density at radius 3 is 2.42 bits per heavy atom. The first-order chi connectivity index (χ1) is 8.81. The van der Waals surface area contributed by atoms with Crippen LogP contribution in [0.1, 0.15) is 24.2 Å². The average molecular weight is 275 g/mol. The molecule has 1 aromatic rings. The van der Waals surface area contributed by atoms with Gasteiger partial charge in [-0.15, -0.1) is 0 Å². The normalized spacial score (nSPS) is 15.5. The molecule has 2 rings (SSSR count). The SMILES string of the molecule is Cc1nc(NN)c(C)c(N(CC(F)(F)F)C2CC2)n1. The minimum Gasteiger partial charge on any atom is -0.344 e. The van der Waals surface area contributed by atoms with Crippen molar-refractivity contribution in [3.8, 4) is 0 Å². The average Bonchev–Trinajstić information content (AvgIpc) is 3.11. The number of nitrogens with zero attached hydrogens (tertiary/aromatic N) is 3. The van der Waals surface area contributed by atoms with Gasteiger partial charge in [-0.05, 0) is 26.7 Å². The van der Waals surface area contributed by atoms with Crippen LogP contribution >= 0.6 is 0 Å². The maximum absolute atomic E-state index is 12.7. The molecule has 0 saturated heterocycles. The molecule has 3 N–H and O–H groups in total. The van der Waals surface area contributed by atoms with Crippen molar-refractivity contribution in [2.75, 3.05) is 16.9 Å². The number of aromatic nitrogens is 2. The Balaban J connectivity index is 2.39. The van der Waals surface area contributed by atoms with Gasteiger partial charge in [0.25, 0.3) is 0 Å². The highest BCUT2D eigenvalue weighted by atomic mass is 19.4. The zero-order valence-corrected chi connectivity index (χ0v) is 10.8. The lowest BCUT2D eigenvalue weighted by molar-refractivity contribution is -0.120. The summed E-state index contributed by atoms with van der Waals surface area (Å²) in [7, 11) is 0. The Morgan fingerprint density at radius 2 is 1.95 bits per heavy atom. The first-order valence-corrected chi connectivity index (χ1v) is 5.97. The summed E-state index contributed by atoms with van der Waals surface area (Å²) in [5.74, 6) is 6.38. The number of hydrazine groups is 1. The van der Waals surface area contributed by atoms with Crippen molar-refractivity contribution in [2.24, 2.45) is 5.84 Å². The molecule has 1 fully saturated rings. The summed E-state index contributed by atoms with van der Waals surface area (Å²) in [6.07, 6.45) is -2.75.